The van der Waals surface area contributed by atoms with E-state index in [9.17, 15) is 0 Å². The number of likely N-dealkylation sites (N-methyl/N-ethyl adjacent to an activating group) is 1. The number of hydrogen-bond donors (Lipinski definition) is 0. The largest absolute Gasteiger partial charge is 0.302 e. The first-order valence-electron chi connectivity index (χ1n) is 3.55. The Morgan fingerprint density at radius 2 is 2.33 bits per heavy atom. The predicted molar refractivity (Wildman–Crippen MR) is 40.4 cm³/mol. The van der Waals surface area contributed by atoms with Gasteiger partial charge in [-0.25, -0.2) is 0 Å². The SMILES string of the molecule is CC1=CCN(C)CC1C. The number of nitrogens with zero attached hydrogens (tertiary/aromatic N) is 1. The highest BCUT2D eigenvalue weighted by Gasteiger charge is 2.11. The monoisotopic (exact) mass is 125 g/mol. The first-order valence-corrected chi connectivity index (χ1v) is 3.55. The van der Waals surface area contributed by atoms with Crippen LogP contribution in [0, 0.1) is 5.92 Å². The quantitative estimate of drug-likeness (QED) is 0.444. The standard InChI is InChI=1S/C8H15N/c1-7-4-5-9(3)6-8(7)2/h4,8H,5-6H2,1-3H3. The Bertz CT molecular complexity index is 127. The molecule has 1 aliphatic heterocycles. The molecule has 1 rings (SSSR count). The van der Waals surface area contributed by atoms with Crippen LogP contribution >= 0.6 is 0 Å². The van der Waals surface area contributed by atoms with Gasteiger partial charge in [0.2, 0.25) is 0 Å². The Labute approximate surface area is 57.4 Å². The summed E-state index contributed by atoms with van der Waals surface area (Å²) < 4.78 is 0. The van der Waals surface area contributed by atoms with Crippen molar-refractivity contribution in [1.29, 1.82) is 0 Å². The fourth-order valence-electron chi connectivity index (χ4n) is 1.19. The van der Waals surface area contributed by atoms with Crippen molar-refractivity contribution in [1.82, 2.24) is 4.90 Å². The van der Waals surface area contributed by atoms with Crippen LogP contribution in [0.5, 0.6) is 0 Å². The van der Waals surface area contributed by atoms with E-state index in [0.717, 1.165) is 12.5 Å². The lowest BCUT2D eigenvalue weighted by atomic mass is 9.99. The molecule has 9 heavy (non-hydrogen) atoms. The molecule has 0 fully saturated rings. The van der Waals surface area contributed by atoms with Gasteiger partial charge < -0.3 is 4.90 Å². The van der Waals surface area contributed by atoms with E-state index in [4.69, 9.17) is 0 Å². The van der Waals surface area contributed by atoms with Gasteiger partial charge in [0.15, 0.2) is 0 Å². The minimum atomic E-state index is 0.767. The van der Waals surface area contributed by atoms with E-state index >= 15 is 0 Å². The van der Waals surface area contributed by atoms with Crippen LogP contribution in [0.15, 0.2) is 11.6 Å². The van der Waals surface area contributed by atoms with Gasteiger partial charge in [-0.15, -0.1) is 0 Å². The van der Waals surface area contributed by atoms with Crippen molar-refractivity contribution in [3.05, 3.63) is 11.6 Å². The zero-order valence-corrected chi connectivity index (χ0v) is 6.52. The molecule has 0 saturated carbocycles. The smallest absolute Gasteiger partial charge is 0.0163 e. The van der Waals surface area contributed by atoms with E-state index < -0.39 is 0 Å². The van der Waals surface area contributed by atoms with Crippen LogP contribution in [-0.4, -0.2) is 25.0 Å². The van der Waals surface area contributed by atoms with Crippen LogP contribution in [0.4, 0.5) is 0 Å². The zero-order valence-electron chi connectivity index (χ0n) is 6.52. The molecule has 0 aromatic carbocycles. The summed E-state index contributed by atoms with van der Waals surface area (Å²) in [5.41, 5.74) is 1.55. The van der Waals surface area contributed by atoms with Gasteiger partial charge >= 0.3 is 0 Å². The summed E-state index contributed by atoms with van der Waals surface area (Å²) in [7, 11) is 2.17. The van der Waals surface area contributed by atoms with Crippen molar-refractivity contribution in [3.63, 3.8) is 0 Å². The molecule has 1 nitrogen and oxygen atoms in total. The Morgan fingerprint density at radius 1 is 1.67 bits per heavy atom. The second-order valence-corrected chi connectivity index (χ2v) is 3.07. The van der Waals surface area contributed by atoms with Crippen LogP contribution in [0.25, 0.3) is 0 Å². The van der Waals surface area contributed by atoms with Crippen molar-refractivity contribution in [3.8, 4) is 0 Å². The summed E-state index contributed by atoms with van der Waals surface area (Å²) in [5, 5.41) is 0. The predicted octanol–water partition coefficient (Wildman–Crippen LogP) is 1.51. The molecule has 1 unspecified atom stereocenters. The summed E-state index contributed by atoms with van der Waals surface area (Å²) in [6.45, 7) is 6.86. The maximum Gasteiger partial charge on any atom is 0.0163 e. The first kappa shape index (κ1) is 6.81. The maximum absolute atomic E-state index is 2.34. The molecule has 0 radical (unpaired) electrons. The molecule has 0 amide bonds. The second kappa shape index (κ2) is 2.53. The number of rotatable bonds is 0. The Morgan fingerprint density at radius 3 is 2.78 bits per heavy atom. The minimum Gasteiger partial charge on any atom is -0.302 e. The number of hydrogen-bond acceptors (Lipinski definition) is 1. The molecular weight excluding hydrogens is 110 g/mol. The van der Waals surface area contributed by atoms with E-state index in [1.54, 1.807) is 5.57 Å². The highest BCUT2D eigenvalue weighted by atomic mass is 15.1. The molecule has 0 N–H and O–H groups in total. The van der Waals surface area contributed by atoms with Gasteiger partial charge in [0.05, 0.1) is 0 Å². The molecule has 1 atom stereocenters. The third-order valence-electron chi connectivity index (χ3n) is 2.09. The highest BCUT2D eigenvalue weighted by Crippen LogP contribution is 2.14. The molecule has 52 valence electrons. The molecule has 1 heteroatoms. The average Bonchev–Trinajstić information content (AvgIpc) is 1.80. The lowest BCUT2D eigenvalue weighted by molar-refractivity contribution is 0.313. The molecule has 1 aliphatic rings. The van der Waals surface area contributed by atoms with Crippen LogP contribution in [0.1, 0.15) is 13.8 Å². The van der Waals surface area contributed by atoms with Gasteiger partial charge in [0, 0.05) is 13.1 Å². The van der Waals surface area contributed by atoms with Crippen molar-refractivity contribution in [2.45, 2.75) is 13.8 Å². The van der Waals surface area contributed by atoms with Crippen LogP contribution in [-0.2, 0) is 0 Å². The van der Waals surface area contributed by atoms with Crippen LogP contribution in [0.3, 0.4) is 0 Å². The molecule has 0 aromatic rings. The highest BCUT2D eigenvalue weighted by molar-refractivity contribution is 5.07. The van der Waals surface area contributed by atoms with Crippen molar-refractivity contribution >= 4 is 0 Å². The molecule has 0 saturated heterocycles. The molecule has 0 spiro atoms. The first-order chi connectivity index (χ1) is 4.20. The third kappa shape index (κ3) is 1.55. The Hall–Kier alpha value is -0.300. The maximum atomic E-state index is 2.34. The van der Waals surface area contributed by atoms with Crippen LogP contribution in [0.2, 0.25) is 0 Å². The summed E-state index contributed by atoms with van der Waals surface area (Å²) in [4.78, 5) is 2.34. The second-order valence-electron chi connectivity index (χ2n) is 3.07. The van der Waals surface area contributed by atoms with E-state index in [-0.39, 0.29) is 0 Å². The van der Waals surface area contributed by atoms with E-state index in [1.165, 1.54) is 6.54 Å². The fraction of sp³-hybridized carbons (Fsp3) is 0.750. The van der Waals surface area contributed by atoms with E-state index in [2.05, 4.69) is 31.9 Å². The van der Waals surface area contributed by atoms with Gasteiger partial charge in [-0.05, 0) is 19.9 Å². The third-order valence-corrected chi connectivity index (χ3v) is 2.09. The Kier molecular flexibility index (Phi) is 1.91. The molecule has 0 aromatic heterocycles. The summed E-state index contributed by atoms with van der Waals surface area (Å²) >= 11 is 0. The van der Waals surface area contributed by atoms with Gasteiger partial charge in [0.25, 0.3) is 0 Å². The van der Waals surface area contributed by atoms with Crippen molar-refractivity contribution in [2.24, 2.45) is 5.92 Å². The van der Waals surface area contributed by atoms with E-state index in [1.807, 2.05) is 0 Å². The summed E-state index contributed by atoms with van der Waals surface area (Å²) in [5.74, 6) is 0.767. The van der Waals surface area contributed by atoms with Gasteiger partial charge in [0.1, 0.15) is 0 Å². The summed E-state index contributed by atoms with van der Waals surface area (Å²) in [6.07, 6.45) is 2.31. The van der Waals surface area contributed by atoms with Gasteiger partial charge in [-0.1, -0.05) is 18.6 Å². The molecule has 1 heterocycles. The lowest BCUT2D eigenvalue weighted by Crippen LogP contribution is -2.29. The van der Waals surface area contributed by atoms with Crippen molar-refractivity contribution in [2.75, 3.05) is 20.1 Å². The molecular formula is C8H15N. The van der Waals surface area contributed by atoms with Gasteiger partial charge in [-0.2, -0.15) is 0 Å². The topological polar surface area (TPSA) is 3.24 Å². The lowest BCUT2D eigenvalue weighted by Gasteiger charge is -2.25. The van der Waals surface area contributed by atoms with E-state index in [0.29, 0.717) is 0 Å². The minimum absolute atomic E-state index is 0.767. The average molecular weight is 125 g/mol. The molecule has 0 aliphatic carbocycles. The summed E-state index contributed by atoms with van der Waals surface area (Å²) in [6, 6.07) is 0. The van der Waals surface area contributed by atoms with Crippen molar-refractivity contribution < 1.29 is 0 Å². The Balaban J connectivity index is 2.56. The normalized spacial score (nSPS) is 30.1. The molecule has 0 bridgehead atoms. The van der Waals surface area contributed by atoms with Crippen LogP contribution < -0.4 is 0 Å². The fourth-order valence-corrected chi connectivity index (χ4v) is 1.19. The van der Waals surface area contributed by atoms with Gasteiger partial charge in [-0.3, -0.25) is 0 Å². The zero-order chi connectivity index (χ0) is 6.85.